The van der Waals surface area contributed by atoms with Crippen molar-refractivity contribution in [2.45, 2.75) is 63.5 Å². The van der Waals surface area contributed by atoms with E-state index in [-0.39, 0.29) is 17.4 Å². The minimum absolute atomic E-state index is 0.0944. The van der Waals surface area contributed by atoms with Crippen molar-refractivity contribution in [2.75, 3.05) is 6.54 Å². The molecular formula is C30H33F2NO2. The molecule has 1 N–H and O–H groups in total. The highest BCUT2D eigenvalue weighted by Crippen LogP contribution is 2.43. The number of likely N-dealkylation sites (tertiary alicyclic amines) is 1. The van der Waals surface area contributed by atoms with Gasteiger partial charge in [0.15, 0.2) is 0 Å². The van der Waals surface area contributed by atoms with Crippen molar-refractivity contribution in [3.8, 4) is 11.1 Å². The number of amides is 1. The molecule has 0 bridgehead atoms. The summed E-state index contributed by atoms with van der Waals surface area (Å²) < 4.78 is 27.4. The molecule has 3 nitrogen and oxygen atoms in total. The number of aliphatic hydroxyl groups is 1. The smallest absolute Gasteiger partial charge is 0.223 e. The minimum atomic E-state index is -0.791. The van der Waals surface area contributed by atoms with Crippen LogP contribution in [0, 0.1) is 11.6 Å². The van der Waals surface area contributed by atoms with E-state index >= 15 is 0 Å². The Balaban J connectivity index is 1.52. The van der Waals surface area contributed by atoms with Crippen LogP contribution in [0.3, 0.4) is 0 Å². The number of benzene rings is 3. The number of hydrogen-bond acceptors (Lipinski definition) is 2. The Bertz CT molecular complexity index is 1170. The molecule has 1 amide bonds. The molecule has 1 heterocycles. The van der Waals surface area contributed by atoms with Gasteiger partial charge in [-0.15, -0.1) is 0 Å². The highest BCUT2D eigenvalue weighted by molar-refractivity contribution is 5.79. The minimum Gasteiger partial charge on any atom is -0.390 e. The van der Waals surface area contributed by atoms with Gasteiger partial charge in [0, 0.05) is 30.0 Å². The predicted molar refractivity (Wildman–Crippen MR) is 135 cm³/mol. The summed E-state index contributed by atoms with van der Waals surface area (Å²) in [4.78, 5) is 15.4. The molecule has 2 atom stereocenters. The normalized spacial score (nSPS) is 19.6. The molecule has 35 heavy (non-hydrogen) atoms. The van der Waals surface area contributed by atoms with Gasteiger partial charge in [0.25, 0.3) is 0 Å². The van der Waals surface area contributed by atoms with Crippen molar-refractivity contribution in [1.29, 1.82) is 0 Å². The Kier molecular flexibility index (Phi) is 7.09. The molecule has 3 aromatic rings. The Morgan fingerprint density at radius 3 is 2.31 bits per heavy atom. The van der Waals surface area contributed by atoms with Gasteiger partial charge in [-0.25, -0.2) is 8.78 Å². The lowest BCUT2D eigenvalue weighted by atomic mass is 9.68. The molecule has 1 saturated heterocycles. The van der Waals surface area contributed by atoms with Gasteiger partial charge in [-0.2, -0.15) is 0 Å². The second-order valence-corrected chi connectivity index (χ2v) is 10.4. The third-order valence-corrected chi connectivity index (χ3v) is 7.35. The van der Waals surface area contributed by atoms with Gasteiger partial charge >= 0.3 is 0 Å². The van der Waals surface area contributed by atoms with Crippen molar-refractivity contribution < 1.29 is 18.7 Å². The molecule has 0 saturated carbocycles. The van der Waals surface area contributed by atoms with Crippen LogP contribution >= 0.6 is 0 Å². The number of carbonyl (C=O) groups excluding carboxylic acids is 1. The molecule has 0 radical (unpaired) electrons. The number of carbonyl (C=O) groups is 1. The third-order valence-electron chi connectivity index (χ3n) is 7.35. The Hall–Kier alpha value is -3.05. The van der Waals surface area contributed by atoms with E-state index in [1.165, 1.54) is 12.1 Å². The summed E-state index contributed by atoms with van der Waals surface area (Å²) in [6, 6.07) is 21.1. The zero-order valence-electron chi connectivity index (χ0n) is 20.6. The summed E-state index contributed by atoms with van der Waals surface area (Å²) in [5.74, 6) is -1.11. The monoisotopic (exact) mass is 477 g/mol. The van der Waals surface area contributed by atoms with Crippen LogP contribution in [0.4, 0.5) is 8.78 Å². The van der Waals surface area contributed by atoms with Crippen LogP contribution in [0.25, 0.3) is 11.1 Å². The van der Waals surface area contributed by atoms with Gasteiger partial charge in [-0.3, -0.25) is 4.79 Å². The number of nitrogens with zero attached hydrogens (tertiary/aromatic N) is 1. The van der Waals surface area contributed by atoms with E-state index in [4.69, 9.17) is 0 Å². The topological polar surface area (TPSA) is 40.5 Å². The Labute approximate surface area is 206 Å². The van der Waals surface area contributed by atoms with E-state index in [1.807, 2.05) is 68.1 Å². The van der Waals surface area contributed by atoms with Crippen LogP contribution in [0.2, 0.25) is 0 Å². The maximum atomic E-state index is 14.2. The lowest BCUT2D eigenvalue weighted by Crippen LogP contribution is -2.47. The largest absolute Gasteiger partial charge is 0.390 e. The lowest BCUT2D eigenvalue weighted by molar-refractivity contribution is -0.138. The second kappa shape index (κ2) is 9.90. The highest BCUT2D eigenvalue weighted by Gasteiger charge is 2.42. The third kappa shape index (κ3) is 5.62. The molecule has 5 heteroatoms. The molecule has 3 aromatic carbocycles. The molecule has 1 fully saturated rings. The van der Waals surface area contributed by atoms with Crippen molar-refractivity contribution in [3.05, 3.63) is 95.6 Å². The van der Waals surface area contributed by atoms with Crippen LogP contribution in [0.5, 0.6) is 0 Å². The van der Waals surface area contributed by atoms with Crippen LogP contribution in [-0.2, 0) is 10.2 Å². The summed E-state index contributed by atoms with van der Waals surface area (Å²) in [5, 5.41) is 10.4. The summed E-state index contributed by atoms with van der Waals surface area (Å²) >= 11 is 0. The molecule has 0 spiro atoms. The second-order valence-electron chi connectivity index (χ2n) is 10.4. The van der Waals surface area contributed by atoms with Crippen molar-refractivity contribution in [1.82, 2.24) is 4.90 Å². The summed E-state index contributed by atoms with van der Waals surface area (Å²) in [6.45, 7) is 6.26. The molecular weight excluding hydrogens is 444 g/mol. The number of piperidine rings is 1. The summed E-state index contributed by atoms with van der Waals surface area (Å²) in [6.07, 6.45) is 2.58. The zero-order valence-corrected chi connectivity index (χ0v) is 20.6. The van der Waals surface area contributed by atoms with E-state index < -0.39 is 17.2 Å². The van der Waals surface area contributed by atoms with E-state index in [1.54, 1.807) is 0 Å². The van der Waals surface area contributed by atoms with Crippen molar-refractivity contribution in [3.63, 3.8) is 0 Å². The maximum absolute atomic E-state index is 14.2. The van der Waals surface area contributed by atoms with Crippen molar-refractivity contribution >= 4 is 5.91 Å². The first-order valence-corrected chi connectivity index (χ1v) is 12.2. The maximum Gasteiger partial charge on any atom is 0.223 e. The molecule has 0 aliphatic carbocycles. The zero-order chi connectivity index (χ0) is 25.2. The van der Waals surface area contributed by atoms with E-state index in [0.29, 0.717) is 30.5 Å². The van der Waals surface area contributed by atoms with Gasteiger partial charge in [0.2, 0.25) is 5.91 Å². The van der Waals surface area contributed by atoms with E-state index in [0.717, 1.165) is 30.0 Å². The SMILES string of the molecule is C[C@@H](c1ccc(-c2ccc(F)cc2F)cc1)N1CC[C@](CCC(C)(C)O)(c2ccccc2)CC1=O. The van der Waals surface area contributed by atoms with Gasteiger partial charge in [-0.1, -0.05) is 54.6 Å². The first-order valence-electron chi connectivity index (χ1n) is 12.2. The Morgan fingerprint density at radius 2 is 1.71 bits per heavy atom. The van der Waals surface area contributed by atoms with Crippen LogP contribution in [0.1, 0.15) is 63.6 Å². The fourth-order valence-corrected chi connectivity index (χ4v) is 5.13. The quantitative estimate of drug-likeness (QED) is 0.406. The lowest BCUT2D eigenvalue weighted by Gasteiger charge is -2.44. The average Bonchev–Trinajstić information content (AvgIpc) is 2.83. The molecule has 1 aliphatic rings. The van der Waals surface area contributed by atoms with Crippen LogP contribution in [0.15, 0.2) is 72.8 Å². The highest BCUT2D eigenvalue weighted by atomic mass is 19.1. The van der Waals surface area contributed by atoms with Crippen molar-refractivity contribution in [2.24, 2.45) is 0 Å². The number of rotatable bonds is 7. The first kappa shape index (κ1) is 25.1. The van der Waals surface area contributed by atoms with Gasteiger partial charge in [-0.05, 0) is 68.9 Å². The fourth-order valence-electron chi connectivity index (χ4n) is 5.13. The summed E-state index contributed by atoms with van der Waals surface area (Å²) in [7, 11) is 0. The molecule has 4 rings (SSSR count). The fraction of sp³-hybridized carbons (Fsp3) is 0.367. The van der Waals surface area contributed by atoms with Crippen LogP contribution in [-0.4, -0.2) is 28.1 Å². The molecule has 1 aliphatic heterocycles. The van der Waals surface area contributed by atoms with Gasteiger partial charge in [0.05, 0.1) is 11.6 Å². The van der Waals surface area contributed by atoms with Gasteiger partial charge < -0.3 is 10.0 Å². The Morgan fingerprint density at radius 1 is 1.03 bits per heavy atom. The van der Waals surface area contributed by atoms with E-state index in [2.05, 4.69) is 12.1 Å². The number of halogens is 2. The van der Waals surface area contributed by atoms with Gasteiger partial charge in [0.1, 0.15) is 11.6 Å². The molecule has 184 valence electrons. The standard InChI is InChI=1S/C30H33F2NO2/c1-21(22-9-11-23(12-10-22)26-14-13-25(31)19-27(26)32)33-18-17-30(20-28(33)34,16-15-29(2,3)35)24-7-5-4-6-8-24/h4-14,19,21,35H,15-18,20H2,1-3H3/t21-,30-/m0/s1. The molecule has 0 aromatic heterocycles. The van der Waals surface area contributed by atoms with E-state index in [9.17, 15) is 18.7 Å². The summed E-state index contributed by atoms with van der Waals surface area (Å²) in [5.41, 5.74) is 2.04. The molecule has 0 unspecified atom stereocenters. The number of hydrogen-bond donors (Lipinski definition) is 1. The average molecular weight is 478 g/mol. The van der Waals surface area contributed by atoms with Crippen LogP contribution < -0.4 is 0 Å². The first-order chi connectivity index (χ1) is 16.6. The predicted octanol–water partition coefficient (Wildman–Crippen LogP) is 6.80.